The Morgan fingerprint density at radius 1 is 0.306 bits per heavy atom. The van der Waals surface area contributed by atoms with Gasteiger partial charge in [-0.1, -0.05) is 158 Å². The second-order valence-electron chi connectivity index (χ2n) is 16.0. The van der Waals surface area contributed by atoms with Gasteiger partial charge in [0.1, 0.15) is 0 Å². The number of para-hydroxylation sites is 1. The van der Waals surface area contributed by atoms with Gasteiger partial charge in [-0.2, -0.15) is 0 Å². The molecule has 0 atom stereocenters. The Kier molecular flexibility index (Phi) is 7.74. The lowest BCUT2D eigenvalue weighted by molar-refractivity contribution is 1.08. The number of nitrogens with zero attached hydrogens (tertiary/aromatic N) is 4. The molecule has 0 saturated carbocycles. The van der Waals surface area contributed by atoms with E-state index in [0.717, 1.165) is 60.6 Å². The van der Waals surface area contributed by atoms with Crippen LogP contribution in [0.15, 0.2) is 206 Å². The molecule has 0 aliphatic rings. The largest absolute Gasteiger partial charge is 0.309 e. The number of hydrogen-bond donors (Lipinski definition) is 0. The zero-order valence-electron chi connectivity index (χ0n) is 33.3. The third-order valence-electron chi connectivity index (χ3n) is 12.4. The van der Waals surface area contributed by atoms with Gasteiger partial charge in [-0.05, 0) is 86.4 Å². The third kappa shape index (κ3) is 5.49. The molecule has 62 heavy (non-hydrogen) atoms. The fourth-order valence-corrected chi connectivity index (χ4v) is 10.6. The standard InChI is InChI=1S/C57H34N4S/c1-2-16-38-33-52-49(31-37(38)15-1)43-21-7-9-25-50(43)61(52)51-30-28-40(32-48(51)39-27-29-45-44-22-8-10-26-53(44)62-54(45)34-39)55-58-56(46-23-11-17-35-13-3-5-19-41(35)46)60-57(59-55)47-24-12-18-36-14-4-6-20-42(36)47/h1-34H. The monoisotopic (exact) mass is 806 g/mol. The molecule has 0 radical (unpaired) electrons. The second kappa shape index (κ2) is 13.8. The van der Waals surface area contributed by atoms with E-state index in [4.69, 9.17) is 15.0 Å². The van der Waals surface area contributed by atoms with Crippen LogP contribution in [-0.4, -0.2) is 19.5 Å². The first-order valence-corrected chi connectivity index (χ1v) is 21.7. The first kappa shape index (κ1) is 34.8. The Labute approximate surface area is 360 Å². The predicted octanol–water partition coefficient (Wildman–Crippen LogP) is 15.5. The molecule has 3 aromatic heterocycles. The summed E-state index contributed by atoms with van der Waals surface area (Å²) in [5.41, 5.74) is 8.49. The average molecular weight is 807 g/mol. The molecule has 4 nitrogen and oxygen atoms in total. The molecule has 3 heterocycles. The summed E-state index contributed by atoms with van der Waals surface area (Å²) in [7, 11) is 0. The summed E-state index contributed by atoms with van der Waals surface area (Å²) < 4.78 is 4.99. The Hall–Kier alpha value is -7.99. The Morgan fingerprint density at radius 2 is 0.855 bits per heavy atom. The molecule has 0 aliphatic heterocycles. The highest BCUT2D eigenvalue weighted by Gasteiger charge is 2.21. The van der Waals surface area contributed by atoms with Crippen molar-refractivity contribution in [3.05, 3.63) is 206 Å². The van der Waals surface area contributed by atoms with Crippen LogP contribution in [0.4, 0.5) is 0 Å². The van der Waals surface area contributed by atoms with E-state index in [0.29, 0.717) is 17.5 Å². The molecule has 0 bridgehead atoms. The van der Waals surface area contributed by atoms with Crippen molar-refractivity contribution in [2.45, 2.75) is 0 Å². The van der Waals surface area contributed by atoms with E-state index >= 15 is 0 Å². The summed E-state index contributed by atoms with van der Waals surface area (Å²) in [5.74, 6) is 1.90. The van der Waals surface area contributed by atoms with Crippen LogP contribution >= 0.6 is 11.3 Å². The van der Waals surface area contributed by atoms with Gasteiger partial charge in [0, 0.05) is 53.2 Å². The fourth-order valence-electron chi connectivity index (χ4n) is 9.50. The summed E-state index contributed by atoms with van der Waals surface area (Å²) in [6, 6.07) is 74.1. The topological polar surface area (TPSA) is 43.6 Å². The lowest BCUT2D eigenvalue weighted by atomic mass is 9.98. The molecule has 0 N–H and O–H groups in total. The highest BCUT2D eigenvalue weighted by atomic mass is 32.1. The maximum atomic E-state index is 5.34. The highest BCUT2D eigenvalue weighted by Crippen LogP contribution is 2.42. The van der Waals surface area contributed by atoms with Crippen LogP contribution in [0.5, 0.6) is 0 Å². The highest BCUT2D eigenvalue weighted by molar-refractivity contribution is 7.25. The number of thiophene rings is 1. The Bertz CT molecular complexity index is 3840. The van der Waals surface area contributed by atoms with E-state index in [2.05, 4.69) is 211 Å². The normalized spacial score (nSPS) is 11.9. The summed E-state index contributed by atoms with van der Waals surface area (Å²) in [6.45, 7) is 0. The summed E-state index contributed by atoms with van der Waals surface area (Å²) >= 11 is 1.84. The first-order valence-electron chi connectivity index (χ1n) is 20.9. The molecule has 0 spiro atoms. The van der Waals surface area contributed by atoms with Crippen LogP contribution in [0.3, 0.4) is 0 Å². The van der Waals surface area contributed by atoms with E-state index in [1.54, 1.807) is 0 Å². The van der Waals surface area contributed by atoms with Crippen LogP contribution in [0.25, 0.3) is 125 Å². The van der Waals surface area contributed by atoms with Crippen molar-refractivity contribution in [1.82, 2.24) is 19.5 Å². The fraction of sp³-hybridized carbons (Fsp3) is 0. The average Bonchev–Trinajstić information content (AvgIpc) is 3.87. The lowest BCUT2D eigenvalue weighted by Crippen LogP contribution is -2.02. The lowest BCUT2D eigenvalue weighted by Gasteiger charge is -2.17. The maximum Gasteiger partial charge on any atom is 0.164 e. The van der Waals surface area contributed by atoms with Crippen molar-refractivity contribution in [2.24, 2.45) is 0 Å². The number of rotatable bonds is 5. The van der Waals surface area contributed by atoms with Gasteiger partial charge in [0.2, 0.25) is 0 Å². The SMILES string of the molecule is c1ccc2cc3c(cc2c1)c1ccccc1n3-c1ccc(-c2nc(-c3cccc4ccccc34)nc(-c3cccc4ccccc34)n2)cc1-c1ccc2c(c1)sc1ccccc12. The van der Waals surface area contributed by atoms with Crippen molar-refractivity contribution < 1.29 is 0 Å². The number of hydrogen-bond acceptors (Lipinski definition) is 4. The molecule has 13 aromatic rings. The van der Waals surface area contributed by atoms with Crippen molar-refractivity contribution >= 4 is 85.6 Å². The van der Waals surface area contributed by atoms with Gasteiger partial charge in [0.25, 0.3) is 0 Å². The van der Waals surface area contributed by atoms with E-state index < -0.39 is 0 Å². The Morgan fingerprint density at radius 3 is 1.58 bits per heavy atom. The van der Waals surface area contributed by atoms with Crippen molar-refractivity contribution in [2.75, 3.05) is 0 Å². The smallest absolute Gasteiger partial charge is 0.164 e. The molecule has 5 heteroatoms. The molecule has 0 amide bonds. The van der Waals surface area contributed by atoms with Crippen LogP contribution in [0, 0.1) is 0 Å². The van der Waals surface area contributed by atoms with Crippen molar-refractivity contribution in [1.29, 1.82) is 0 Å². The summed E-state index contributed by atoms with van der Waals surface area (Å²) in [6.07, 6.45) is 0. The zero-order valence-corrected chi connectivity index (χ0v) is 34.1. The first-order chi connectivity index (χ1) is 30.7. The molecule has 0 fully saturated rings. The molecular weight excluding hydrogens is 773 g/mol. The maximum absolute atomic E-state index is 5.34. The number of fused-ring (bicyclic) bond motifs is 9. The molecular formula is C57H34N4S. The summed E-state index contributed by atoms with van der Waals surface area (Å²) in [4.78, 5) is 15.9. The third-order valence-corrected chi connectivity index (χ3v) is 13.6. The van der Waals surface area contributed by atoms with Crippen molar-refractivity contribution in [3.63, 3.8) is 0 Å². The van der Waals surface area contributed by atoms with E-state index in [-0.39, 0.29) is 0 Å². The molecule has 10 aromatic carbocycles. The van der Waals surface area contributed by atoms with Crippen molar-refractivity contribution in [3.8, 4) is 51.0 Å². The molecule has 0 unspecified atom stereocenters. The van der Waals surface area contributed by atoms with Crippen LogP contribution < -0.4 is 0 Å². The molecule has 0 saturated heterocycles. The van der Waals surface area contributed by atoms with Gasteiger partial charge in [-0.3, -0.25) is 0 Å². The van der Waals surface area contributed by atoms with Gasteiger partial charge < -0.3 is 4.57 Å². The quantitative estimate of drug-likeness (QED) is 0.174. The van der Waals surface area contributed by atoms with Crippen LogP contribution in [0.1, 0.15) is 0 Å². The minimum atomic E-state index is 0.620. The van der Waals surface area contributed by atoms with E-state index in [1.165, 1.54) is 47.2 Å². The minimum absolute atomic E-state index is 0.620. The van der Waals surface area contributed by atoms with Crippen LogP contribution in [-0.2, 0) is 0 Å². The Balaban J connectivity index is 1.10. The summed E-state index contributed by atoms with van der Waals surface area (Å²) in [5, 5.41) is 11.9. The van der Waals surface area contributed by atoms with Gasteiger partial charge in [-0.25, -0.2) is 15.0 Å². The minimum Gasteiger partial charge on any atom is -0.309 e. The van der Waals surface area contributed by atoms with Gasteiger partial charge >= 0.3 is 0 Å². The number of aromatic nitrogens is 4. The van der Waals surface area contributed by atoms with Crippen LogP contribution in [0.2, 0.25) is 0 Å². The zero-order chi connectivity index (χ0) is 40.7. The number of benzene rings is 10. The molecule has 0 aliphatic carbocycles. The second-order valence-corrected chi connectivity index (χ2v) is 17.1. The predicted molar refractivity (Wildman–Crippen MR) is 261 cm³/mol. The molecule has 288 valence electrons. The molecule has 13 rings (SSSR count). The van der Waals surface area contributed by atoms with Gasteiger partial charge in [0.05, 0.1) is 16.7 Å². The van der Waals surface area contributed by atoms with E-state index in [1.807, 2.05) is 11.3 Å². The van der Waals surface area contributed by atoms with Gasteiger partial charge in [0.15, 0.2) is 17.5 Å². The van der Waals surface area contributed by atoms with Gasteiger partial charge in [-0.15, -0.1) is 11.3 Å². The van der Waals surface area contributed by atoms with E-state index in [9.17, 15) is 0 Å².